The Bertz CT molecular complexity index is 304. The number of nitrogens with one attached hydrogen (secondary N) is 2. The van der Waals surface area contributed by atoms with Gasteiger partial charge < -0.3 is 20.5 Å². The van der Waals surface area contributed by atoms with E-state index >= 15 is 0 Å². The number of carbonyl (C=O) groups excluding carboxylic acids is 2. The van der Waals surface area contributed by atoms with E-state index in [2.05, 4.69) is 15.4 Å². The topological polar surface area (TPSA) is 105 Å². The smallest absolute Gasteiger partial charge is 0.325 e. The minimum absolute atomic E-state index is 0.0190. The fourth-order valence-corrected chi connectivity index (χ4v) is 1.23. The van der Waals surface area contributed by atoms with E-state index in [1.807, 2.05) is 0 Å². The van der Waals surface area contributed by atoms with E-state index in [-0.39, 0.29) is 25.5 Å². The van der Waals surface area contributed by atoms with Crippen LogP contribution in [0.3, 0.4) is 0 Å². The van der Waals surface area contributed by atoms with Gasteiger partial charge in [0.1, 0.15) is 6.54 Å². The summed E-state index contributed by atoms with van der Waals surface area (Å²) in [7, 11) is 0. The summed E-state index contributed by atoms with van der Waals surface area (Å²) < 4.78 is 4.63. The van der Waals surface area contributed by atoms with E-state index < -0.39 is 24.0 Å². The fraction of sp³-hybridized carbons (Fsp3) is 0.727. The summed E-state index contributed by atoms with van der Waals surface area (Å²) in [5, 5.41) is 13.5. The predicted octanol–water partition coefficient (Wildman–Crippen LogP) is 0.348. The van der Waals surface area contributed by atoms with Crippen LogP contribution in [0, 0.1) is 5.92 Å². The Kier molecular flexibility index (Phi) is 7.50. The monoisotopic (exact) mass is 260 g/mol. The molecule has 0 saturated carbocycles. The maximum absolute atomic E-state index is 11.4. The van der Waals surface area contributed by atoms with Crippen molar-refractivity contribution in [3.05, 3.63) is 0 Å². The lowest BCUT2D eigenvalue weighted by molar-refractivity contribution is -0.142. The maximum Gasteiger partial charge on any atom is 0.325 e. The second kappa shape index (κ2) is 8.32. The van der Waals surface area contributed by atoms with Crippen LogP contribution in [-0.4, -0.2) is 42.3 Å². The fourth-order valence-electron chi connectivity index (χ4n) is 1.23. The van der Waals surface area contributed by atoms with Gasteiger partial charge in [0.25, 0.3) is 0 Å². The highest BCUT2D eigenvalue weighted by atomic mass is 16.5. The molecule has 1 atom stereocenters. The summed E-state index contributed by atoms with van der Waals surface area (Å²) in [5.74, 6) is -1.54. The molecule has 0 spiro atoms. The quantitative estimate of drug-likeness (QED) is 0.573. The highest BCUT2D eigenvalue weighted by Crippen LogP contribution is 2.05. The Morgan fingerprint density at radius 2 is 1.89 bits per heavy atom. The van der Waals surface area contributed by atoms with Crippen LogP contribution in [0.4, 0.5) is 4.79 Å². The number of carbonyl (C=O) groups is 3. The van der Waals surface area contributed by atoms with Crippen LogP contribution in [0.5, 0.6) is 0 Å². The van der Waals surface area contributed by atoms with Crippen molar-refractivity contribution in [3.63, 3.8) is 0 Å². The van der Waals surface area contributed by atoms with Crippen molar-refractivity contribution >= 4 is 18.0 Å². The number of ether oxygens (including phenoxy) is 1. The molecule has 0 aliphatic heterocycles. The molecule has 0 radical (unpaired) electrons. The first kappa shape index (κ1) is 16.2. The van der Waals surface area contributed by atoms with Crippen molar-refractivity contribution in [1.29, 1.82) is 0 Å². The first-order valence-electron chi connectivity index (χ1n) is 5.78. The molecule has 18 heavy (non-hydrogen) atoms. The van der Waals surface area contributed by atoms with Gasteiger partial charge in [-0.25, -0.2) is 4.79 Å². The van der Waals surface area contributed by atoms with Gasteiger partial charge >= 0.3 is 18.0 Å². The number of hydrogen-bond acceptors (Lipinski definition) is 4. The molecule has 2 amide bonds. The van der Waals surface area contributed by atoms with Gasteiger partial charge in [-0.05, 0) is 12.8 Å². The predicted molar refractivity (Wildman–Crippen MR) is 64.0 cm³/mol. The number of carboxylic acids is 1. The Balaban J connectivity index is 4.10. The molecule has 0 aromatic heterocycles. The third-order valence-corrected chi connectivity index (χ3v) is 2.21. The van der Waals surface area contributed by atoms with Gasteiger partial charge in [0.2, 0.25) is 0 Å². The Labute approximate surface area is 106 Å². The van der Waals surface area contributed by atoms with Crippen LogP contribution in [-0.2, 0) is 14.3 Å². The summed E-state index contributed by atoms with van der Waals surface area (Å²) in [6.45, 7) is 5.28. The molecule has 104 valence electrons. The number of esters is 1. The van der Waals surface area contributed by atoms with Crippen LogP contribution in [0.1, 0.15) is 27.2 Å². The molecule has 0 saturated heterocycles. The highest BCUT2D eigenvalue weighted by molar-refractivity contribution is 5.81. The number of hydrogen-bond donors (Lipinski definition) is 3. The molecule has 0 heterocycles. The maximum atomic E-state index is 11.4. The summed E-state index contributed by atoms with van der Waals surface area (Å²) in [4.78, 5) is 33.0. The summed E-state index contributed by atoms with van der Waals surface area (Å²) in [6.07, 6.45) is -0.162. The van der Waals surface area contributed by atoms with Crippen molar-refractivity contribution in [1.82, 2.24) is 10.6 Å². The van der Waals surface area contributed by atoms with E-state index in [1.54, 1.807) is 20.8 Å². The van der Waals surface area contributed by atoms with Crippen LogP contribution >= 0.6 is 0 Å². The van der Waals surface area contributed by atoms with Crippen molar-refractivity contribution in [2.45, 2.75) is 33.2 Å². The average molecular weight is 260 g/mol. The first-order valence-corrected chi connectivity index (χ1v) is 5.78. The number of urea groups is 1. The minimum Gasteiger partial charge on any atom is -0.481 e. The SMILES string of the molecule is CCOC(=O)CNC(=O)NC(CC(=O)O)C(C)C. The Morgan fingerprint density at radius 3 is 2.33 bits per heavy atom. The summed E-state index contributed by atoms with van der Waals surface area (Å²) in [5.41, 5.74) is 0. The molecule has 0 rings (SSSR count). The molecular formula is C11H20N2O5. The molecule has 3 N–H and O–H groups in total. The minimum atomic E-state index is -0.987. The number of aliphatic carboxylic acids is 1. The third-order valence-electron chi connectivity index (χ3n) is 2.21. The lowest BCUT2D eigenvalue weighted by atomic mass is 10.0. The van der Waals surface area contributed by atoms with Crippen LogP contribution in [0.25, 0.3) is 0 Å². The van der Waals surface area contributed by atoms with E-state index in [4.69, 9.17) is 5.11 Å². The Hall–Kier alpha value is -1.79. The summed E-state index contributed by atoms with van der Waals surface area (Å²) >= 11 is 0. The molecular weight excluding hydrogens is 240 g/mol. The lowest BCUT2D eigenvalue weighted by Crippen LogP contribution is -2.46. The Morgan fingerprint density at radius 1 is 1.28 bits per heavy atom. The van der Waals surface area contributed by atoms with E-state index in [0.717, 1.165) is 0 Å². The van der Waals surface area contributed by atoms with Gasteiger partial charge in [0, 0.05) is 6.04 Å². The normalized spacial score (nSPS) is 11.8. The van der Waals surface area contributed by atoms with Crippen molar-refractivity contribution in [3.8, 4) is 0 Å². The third kappa shape index (κ3) is 7.48. The highest BCUT2D eigenvalue weighted by Gasteiger charge is 2.19. The van der Waals surface area contributed by atoms with Crippen LogP contribution in [0.15, 0.2) is 0 Å². The molecule has 7 nitrogen and oxygen atoms in total. The van der Waals surface area contributed by atoms with Gasteiger partial charge in [0.15, 0.2) is 0 Å². The first-order chi connectivity index (χ1) is 8.36. The van der Waals surface area contributed by atoms with E-state index in [0.29, 0.717) is 0 Å². The number of amides is 2. The molecule has 0 aromatic rings. The van der Waals surface area contributed by atoms with Gasteiger partial charge in [-0.1, -0.05) is 13.8 Å². The van der Waals surface area contributed by atoms with Crippen molar-refractivity contribution in [2.24, 2.45) is 5.92 Å². The van der Waals surface area contributed by atoms with Gasteiger partial charge in [0.05, 0.1) is 13.0 Å². The number of rotatable bonds is 7. The van der Waals surface area contributed by atoms with Gasteiger partial charge in [-0.3, -0.25) is 9.59 Å². The zero-order valence-electron chi connectivity index (χ0n) is 10.9. The summed E-state index contributed by atoms with van der Waals surface area (Å²) in [6, 6.07) is -1.06. The standard InChI is InChI=1S/C11H20N2O5/c1-4-18-10(16)6-12-11(17)13-8(7(2)3)5-9(14)15/h7-8H,4-6H2,1-3H3,(H,14,15)(H2,12,13,17). The molecule has 0 aliphatic carbocycles. The van der Waals surface area contributed by atoms with E-state index in [9.17, 15) is 14.4 Å². The second-order valence-corrected chi connectivity index (χ2v) is 4.08. The molecule has 0 aliphatic rings. The average Bonchev–Trinajstić information content (AvgIpc) is 2.25. The lowest BCUT2D eigenvalue weighted by Gasteiger charge is -2.20. The van der Waals surface area contributed by atoms with Crippen LogP contribution in [0.2, 0.25) is 0 Å². The second-order valence-electron chi connectivity index (χ2n) is 4.08. The number of carboxylic acid groups (broad SMARTS) is 1. The van der Waals surface area contributed by atoms with Gasteiger partial charge in [-0.2, -0.15) is 0 Å². The van der Waals surface area contributed by atoms with Crippen molar-refractivity contribution < 1.29 is 24.2 Å². The largest absolute Gasteiger partial charge is 0.481 e. The zero-order chi connectivity index (χ0) is 14.1. The molecule has 1 unspecified atom stereocenters. The van der Waals surface area contributed by atoms with E-state index in [1.165, 1.54) is 0 Å². The molecule has 0 aromatic carbocycles. The zero-order valence-corrected chi connectivity index (χ0v) is 10.9. The van der Waals surface area contributed by atoms with Crippen molar-refractivity contribution in [2.75, 3.05) is 13.2 Å². The molecule has 0 fully saturated rings. The van der Waals surface area contributed by atoms with Gasteiger partial charge in [-0.15, -0.1) is 0 Å². The van der Waals surface area contributed by atoms with Crippen LogP contribution < -0.4 is 10.6 Å². The molecule has 7 heteroatoms. The molecule has 0 bridgehead atoms.